The predicted molar refractivity (Wildman–Crippen MR) is 138 cm³/mol. The molecule has 3 aromatic rings. The third-order valence-corrected chi connectivity index (χ3v) is 9.17. The van der Waals surface area contributed by atoms with Crippen molar-refractivity contribution >= 4 is 33.2 Å². The van der Waals surface area contributed by atoms with Gasteiger partial charge in [0, 0.05) is 17.0 Å². The number of rotatable bonds is 7. The van der Waals surface area contributed by atoms with E-state index in [-0.39, 0.29) is 11.7 Å². The second-order valence-corrected chi connectivity index (χ2v) is 11.6. The molecule has 2 bridgehead atoms. The molecule has 2 fully saturated rings. The molecule has 2 aromatic heterocycles. The zero-order chi connectivity index (χ0) is 24.0. The Balaban J connectivity index is 1.34. The quantitative estimate of drug-likeness (QED) is 0.482. The summed E-state index contributed by atoms with van der Waals surface area (Å²) in [4.78, 5) is 21.3. The van der Waals surface area contributed by atoms with Gasteiger partial charge >= 0.3 is 0 Å². The second-order valence-electron chi connectivity index (χ2n) is 10.1. The summed E-state index contributed by atoms with van der Waals surface area (Å²) in [6.45, 7) is 3.82. The van der Waals surface area contributed by atoms with E-state index in [1.165, 1.54) is 28.7 Å². The van der Waals surface area contributed by atoms with Crippen LogP contribution >= 0.6 is 22.9 Å². The Morgan fingerprint density at radius 2 is 2.00 bits per heavy atom. The molecular weight excluding hydrogens is 470 g/mol. The molecule has 1 unspecified atom stereocenters. The fourth-order valence-electron chi connectivity index (χ4n) is 5.21. The van der Waals surface area contributed by atoms with Crippen molar-refractivity contribution in [2.75, 3.05) is 7.05 Å². The molecule has 4 heterocycles. The van der Waals surface area contributed by atoms with E-state index in [9.17, 15) is 9.90 Å². The van der Waals surface area contributed by atoms with Crippen LogP contribution in [0.1, 0.15) is 57.2 Å². The highest BCUT2D eigenvalue weighted by Crippen LogP contribution is 2.37. The molecule has 2 aliphatic rings. The zero-order valence-electron chi connectivity index (χ0n) is 20.0. The average molecular weight is 502 g/mol. The smallest absolute Gasteiger partial charge is 0.275 e. The number of thiophene rings is 1. The van der Waals surface area contributed by atoms with Gasteiger partial charge in [0.2, 0.25) is 0 Å². The van der Waals surface area contributed by atoms with Gasteiger partial charge in [0.1, 0.15) is 22.9 Å². The highest BCUT2D eigenvalue weighted by atomic mass is 35.5. The first-order chi connectivity index (χ1) is 16.2. The first-order valence-electron chi connectivity index (χ1n) is 12.1. The van der Waals surface area contributed by atoms with Crippen LogP contribution in [0, 0.1) is 0 Å². The maximum atomic E-state index is 13.2. The van der Waals surface area contributed by atoms with Gasteiger partial charge in [0.05, 0.1) is 21.8 Å². The van der Waals surface area contributed by atoms with Crippen LogP contribution in [0.15, 0.2) is 35.4 Å². The average Bonchev–Trinajstić information content (AvgIpc) is 3.31. The summed E-state index contributed by atoms with van der Waals surface area (Å²) >= 11 is 8.05. The van der Waals surface area contributed by atoms with Crippen LogP contribution in [-0.2, 0) is 6.42 Å². The van der Waals surface area contributed by atoms with Crippen molar-refractivity contribution in [2.45, 2.75) is 82.6 Å². The minimum Gasteiger partial charge on any atom is -0.489 e. The molecule has 0 amide bonds. The summed E-state index contributed by atoms with van der Waals surface area (Å²) in [6.07, 6.45) is 8.35. The maximum absolute atomic E-state index is 13.2. The lowest BCUT2D eigenvalue weighted by molar-refractivity contribution is 0.0475. The molecular formula is C26H32ClN3O3S. The van der Waals surface area contributed by atoms with Gasteiger partial charge in [-0.05, 0) is 83.2 Å². The van der Waals surface area contributed by atoms with E-state index in [4.69, 9.17) is 16.3 Å². The van der Waals surface area contributed by atoms with Crippen LogP contribution in [0.25, 0.3) is 15.9 Å². The molecule has 1 aromatic carbocycles. The summed E-state index contributed by atoms with van der Waals surface area (Å²) in [5, 5.41) is 10.8. The highest BCUT2D eigenvalue weighted by molar-refractivity contribution is 7.18. The molecule has 34 heavy (non-hydrogen) atoms. The van der Waals surface area contributed by atoms with Crippen molar-refractivity contribution in [3.63, 3.8) is 0 Å². The number of piperidine rings is 1. The first-order valence-corrected chi connectivity index (χ1v) is 13.3. The Morgan fingerprint density at radius 1 is 1.26 bits per heavy atom. The number of halogens is 1. The van der Waals surface area contributed by atoms with Crippen LogP contribution < -0.4 is 10.3 Å². The van der Waals surface area contributed by atoms with Crippen molar-refractivity contribution in [2.24, 2.45) is 0 Å². The van der Waals surface area contributed by atoms with Crippen molar-refractivity contribution in [3.05, 3.63) is 50.8 Å². The molecule has 182 valence electrons. The molecule has 2 aliphatic heterocycles. The van der Waals surface area contributed by atoms with E-state index in [0.29, 0.717) is 51.6 Å². The van der Waals surface area contributed by atoms with E-state index >= 15 is 0 Å². The first kappa shape index (κ1) is 23.8. The summed E-state index contributed by atoms with van der Waals surface area (Å²) in [7, 11) is 2.22. The summed E-state index contributed by atoms with van der Waals surface area (Å²) in [6, 6.07) is 8.66. The van der Waals surface area contributed by atoms with Crippen molar-refractivity contribution < 1.29 is 9.84 Å². The monoisotopic (exact) mass is 501 g/mol. The molecule has 5 rings (SSSR count). The van der Waals surface area contributed by atoms with E-state index in [1.807, 2.05) is 32.0 Å². The second kappa shape index (κ2) is 9.26. The predicted octanol–water partition coefficient (Wildman–Crippen LogP) is 5.20. The number of hydrogen-bond donors (Lipinski definition) is 1. The number of aliphatic hydroxyl groups is 1. The number of aryl methyl sites for hydroxylation is 1. The van der Waals surface area contributed by atoms with Crippen molar-refractivity contribution in [3.8, 4) is 11.4 Å². The van der Waals surface area contributed by atoms with Gasteiger partial charge in [0.15, 0.2) is 0 Å². The minimum atomic E-state index is -0.697. The van der Waals surface area contributed by atoms with E-state index in [1.54, 1.807) is 12.4 Å². The van der Waals surface area contributed by atoms with E-state index < -0.39 is 5.60 Å². The molecule has 0 spiro atoms. The number of nitrogens with zero attached hydrogens (tertiary/aromatic N) is 3. The lowest BCUT2D eigenvalue weighted by atomic mass is 9.97. The van der Waals surface area contributed by atoms with Gasteiger partial charge < -0.3 is 14.7 Å². The largest absolute Gasteiger partial charge is 0.489 e. The molecule has 4 atom stereocenters. The Bertz CT molecular complexity index is 1240. The van der Waals surface area contributed by atoms with Crippen LogP contribution in [0.2, 0.25) is 5.02 Å². The Labute approximate surface area is 209 Å². The maximum Gasteiger partial charge on any atom is 0.275 e. The van der Waals surface area contributed by atoms with Gasteiger partial charge in [-0.1, -0.05) is 18.5 Å². The zero-order valence-corrected chi connectivity index (χ0v) is 21.5. The molecule has 0 aliphatic carbocycles. The van der Waals surface area contributed by atoms with Crippen LogP contribution in [0.4, 0.5) is 0 Å². The molecule has 8 heteroatoms. The van der Waals surface area contributed by atoms with Gasteiger partial charge in [-0.3, -0.25) is 9.36 Å². The third-order valence-electron chi connectivity index (χ3n) is 7.70. The molecule has 6 nitrogen and oxygen atoms in total. The summed E-state index contributed by atoms with van der Waals surface area (Å²) < 4.78 is 8.45. The Kier molecular flexibility index (Phi) is 6.48. The molecule has 0 radical (unpaired) electrons. The van der Waals surface area contributed by atoms with Gasteiger partial charge in [-0.2, -0.15) is 0 Å². The van der Waals surface area contributed by atoms with Gasteiger partial charge in [0.25, 0.3) is 5.56 Å². The molecule has 2 saturated heterocycles. The number of ether oxygens (including phenoxy) is 1. The number of hydrogen-bond acceptors (Lipinski definition) is 6. The lowest BCUT2D eigenvalue weighted by Crippen LogP contribution is -2.43. The van der Waals surface area contributed by atoms with Crippen molar-refractivity contribution in [1.82, 2.24) is 14.5 Å². The van der Waals surface area contributed by atoms with Crippen LogP contribution in [0.5, 0.6) is 5.75 Å². The summed E-state index contributed by atoms with van der Waals surface area (Å²) in [5.74, 6) is 0.669. The normalized spacial score (nSPS) is 24.4. The van der Waals surface area contributed by atoms with E-state index in [2.05, 4.69) is 16.9 Å². The molecule has 1 N–H and O–H groups in total. The van der Waals surface area contributed by atoms with E-state index in [0.717, 1.165) is 24.1 Å². The molecule has 0 saturated carbocycles. The number of aromatic nitrogens is 2. The van der Waals surface area contributed by atoms with Gasteiger partial charge in [-0.15, -0.1) is 11.3 Å². The fourth-order valence-corrected chi connectivity index (χ4v) is 6.47. The standard InChI is InChI=1S/C26H32ClN3O3S/c1-4-26(2,32)10-9-20-14-22-24(34-20)25(31)30(15-28-22)18-7-8-23(21(27)13-18)33-19-11-16-5-6-17(12-19)29(16)3/h7-8,13-17,19,32H,4-6,9-12H2,1-3H3/t16-,17+,19+,26?. The highest BCUT2D eigenvalue weighted by Gasteiger charge is 2.39. The topological polar surface area (TPSA) is 67.6 Å². The van der Waals surface area contributed by atoms with Gasteiger partial charge in [-0.25, -0.2) is 4.98 Å². The SMILES string of the molecule is CCC(C)(O)CCc1cc2ncn(-c3ccc(O[C@H]4C[C@H]5CC[C@@H](C4)N5C)c(Cl)c3)c(=O)c2s1. The Morgan fingerprint density at radius 3 is 2.68 bits per heavy atom. The number of benzene rings is 1. The fraction of sp³-hybridized carbons (Fsp3) is 0.538. The third kappa shape index (κ3) is 4.63. The lowest BCUT2D eigenvalue weighted by Gasteiger charge is -2.36. The van der Waals surface area contributed by atoms with Crippen LogP contribution in [-0.4, -0.2) is 50.4 Å². The number of fused-ring (bicyclic) bond motifs is 3. The Hall–Kier alpha value is -1.93. The minimum absolute atomic E-state index is 0.111. The van der Waals surface area contributed by atoms with Crippen molar-refractivity contribution in [1.29, 1.82) is 0 Å². The van der Waals surface area contributed by atoms with Crippen LogP contribution in [0.3, 0.4) is 0 Å². The summed E-state index contributed by atoms with van der Waals surface area (Å²) in [5.41, 5.74) is 0.557.